The Kier molecular flexibility index (Phi) is 7.39. The first-order chi connectivity index (χ1) is 9.93. The number of esters is 1. The van der Waals surface area contributed by atoms with E-state index in [2.05, 4.69) is 6.92 Å². The molecule has 1 aromatic rings. The van der Waals surface area contributed by atoms with Gasteiger partial charge in [-0.3, -0.25) is 9.35 Å². The molecule has 0 aliphatic carbocycles. The molecule has 118 valence electrons. The van der Waals surface area contributed by atoms with Gasteiger partial charge in [-0.2, -0.15) is 8.42 Å². The average molecular weight is 314 g/mol. The predicted octanol–water partition coefficient (Wildman–Crippen LogP) is 3.59. The maximum atomic E-state index is 11.6. The fourth-order valence-corrected chi connectivity index (χ4v) is 2.45. The molecule has 0 saturated heterocycles. The third kappa shape index (κ3) is 7.24. The fraction of sp³-hybridized carbons (Fsp3) is 0.533. The first-order valence-electron chi connectivity index (χ1n) is 7.21. The third-order valence-corrected chi connectivity index (χ3v) is 3.92. The number of carbonyl (C=O) groups excluding carboxylic acids is 1. The van der Waals surface area contributed by atoms with Crippen LogP contribution in [0.4, 0.5) is 0 Å². The first kappa shape index (κ1) is 17.7. The van der Waals surface area contributed by atoms with E-state index in [1.54, 1.807) is 0 Å². The van der Waals surface area contributed by atoms with Gasteiger partial charge in [0.2, 0.25) is 0 Å². The zero-order chi connectivity index (χ0) is 15.7. The molecule has 0 unspecified atom stereocenters. The van der Waals surface area contributed by atoms with Crippen molar-refractivity contribution < 1.29 is 22.5 Å². The number of benzene rings is 1. The molecule has 6 heteroatoms. The summed E-state index contributed by atoms with van der Waals surface area (Å²) < 4.78 is 36.0. The maximum absolute atomic E-state index is 11.6. The fourth-order valence-electron chi connectivity index (χ4n) is 1.93. The lowest BCUT2D eigenvalue weighted by atomic mass is 10.1. The number of unbranched alkanes of at least 4 members (excludes halogenated alkanes) is 5. The van der Waals surface area contributed by atoms with E-state index >= 15 is 0 Å². The Balaban J connectivity index is 2.38. The Morgan fingerprint density at radius 1 is 1.14 bits per heavy atom. The molecule has 0 fully saturated rings. The van der Waals surface area contributed by atoms with Crippen molar-refractivity contribution in [2.75, 3.05) is 0 Å². The lowest BCUT2D eigenvalue weighted by molar-refractivity contribution is -0.134. The monoisotopic (exact) mass is 314 g/mol. The molecule has 0 atom stereocenters. The zero-order valence-electron chi connectivity index (χ0n) is 12.2. The second kappa shape index (κ2) is 8.79. The van der Waals surface area contributed by atoms with Crippen LogP contribution < -0.4 is 4.74 Å². The number of rotatable bonds is 9. The van der Waals surface area contributed by atoms with Crippen molar-refractivity contribution in [1.82, 2.24) is 0 Å². The van der Waals surface area contributed by atoms with Crippen molar-refractivity contribution in [3.8, 4) is 5.75 Å². The van der Waals surface area contributed by atoms with Gasteiger partial charge in [0, 0.05) is 12.5 Å². The van der Waals surface area contributed by atoms with Crippen LogP contribution in [0, 0.1) is 0 Å². The Labute approximate surface area is 126 Å². The second-order valence-electron chi connectivity index (χ2n) is 4.94. The van der Waals surface area contributed by atoms with Crippen LogP contribution in [0.3, 0.4) is 0 Å². The number of carbonyl (C=O) groups is 1. The topological polar surface area (TPSA) is 80.7 Å². The molecular formula is C15H22O5S. The summed E-state index contributed by atoms with van der Waals surface area (Å²) in [5.41, 5.74) is 0. The van der Waals surface area contributed by atoms with Crippen LogP contribution in [-0.4, -0.2) is 18.9 Å². The second-order valence-corrected chi connectivity index (χ2v) is 6.36. The van der Waals surface area contributed by atoms with Gasteiger partial charge >= 0.3 is 5.97 Å². The molecule has 5 nitrogen and oxygen atoms in total. The van der Waals surface area contributed by atoms with Crippen molar-refractivity contribution >= 4 is 16.1 Å². The highest BCUT2D eigenvalue weighted by Crippen LogP contribution is 2.18. The highest BCUT2D eigenvalue weighted by Gasteiger charge is 2.11. The summed E-state index contributed by atoms with van der Waals surface area (Å²) in [6.07, 6.45) is 6.75. The summed E-state index contributed by atoms with van der Waals surface area (Å²) in [7, 11) is -4.28. The molecule has 0 heterocycles. The van der Waals surface area contributed by atoms with Crippen molar-refractivity contribution in [1.29, 1.82) is 0 Å². The van der Waals surface area contributed by atoms with Gasteiger partial charge in [-0.15, -0.1) is 0 Å². The molecule has 0 bridgehead atoms. The highest BCUT2D eigenvalue weighted by atomic mass is 32.2. The largest absolute Gasteiger partial charge is 0.426 e. The molecule has 0 amide bonds. The minimum absolute atomic E-state index is 0.126. The average Bonchev–Trinajstić information content (AvgIpc) is 2.42. The minimum atomic E-state index is -4.28. The van der Waals surface area contributed by atoms with E-state index in [0.29, 0.717) is 6.42 Å². The standard InChI is InChI=1S/C15H22O5S/c1-2-3-4-5-6-7-11-15(16)20-13-9-8-10-14(12-13)21(17,18)19/h8-10,12H,2-7,11H2,1H3,(H,17,18,19). The summed E-state index contributed by atoms with van der Waals surface area (Å²) in [4.78, 5) is 11.3. The normalized spacial score (nSPS) is 11.3. The summed E-state index contributed by atoms with van der Waals surface area (Å²) >= 11 is 0. The van der Waals surface area contributed by atoms with Crippen LogP contribution in [0.5, 0.6) is 5.75 Å². The molecule has 0 aliphatic rings. The first-order valence-corrected chi connectivity index (χ1v) is 8.65. The van der Waals surface area contributed by atoms with Gasteiger partial charge in [-0.1, -0.05) is 45.1 Å². The van der Waals surface area contributed by atoms with E-state index in [-0.39, 0.29) is 10.6 Å². The lowest BCUT2D eigenvalue weighted by Crippen LogP contribution is -2.08. The highest BCUT2D eigenvalue weighted by molar-refractivity contribution is 7.85. The van der Waals surface area contributed by atoms with E-state index in [0.717, 1.165) is 25.3 Å². The molecule has 0 saturated carbocycles. The SMILES string of the molecule is CCCCCCCCC(=O)Oc1cccc(S(=O)(=O)O)c1. The molecule has 0 aliphatic heterocycles. The van der Waals surface area contributed by atoms with E-state index in [4.69, 9.17) is 9.29 Å². The zero-order valence-corrected chi connectivity index (χ0v) is 13.1. The minimum Gasteiger partial charge on any atom is -0.426 e. The van der Waals surface area contributed by atoms with Crippen LogP contribution in [0.1, 0.15) is 51.9 Å². The number of ether oxygens (including phenoxy) is 1. The van der Waals surface area contributed by atoms with Gasteiger partial charge in [-0.25, -0.2) is 0 Å². The summed E-state index contributed by atoms with van der Waals surface area (Å²) in [6.45, 7) is 2.15. The van der Waals surface area contributed by atoms with Crippen LogP contribution in [0.15, 0.2) is 29.2 Å². The molecule has 21 heavy (non-hydrogen) atoms. The molecule has 1 N–H and O–H groups in total. The smallest absolute Gasteiger partial charge is 0.311 e. The molecule has 0 aromatic heterocycles. The van der Waals surface area contributed by atoms with Gasteiger partial charge in [-0.05, 0) is 18.6 Å². The van der Waals surface area contributed by atoms with Crippen molar-refractivity contribution in [2.24, 2.45) is 0 Å². The van der Waals surface area contributed by atoms with E-state index in [9.17, 15) is 13.2 Å². The number of hydrogen-bond donors (Lipinski definition) is 1. The van der Waals surface area contributed by atoms with Gasteiger partial charge in [0.05, 0.1) is 4.90 Å². The number of hydrogen-bond acceptors (Lipinski definition) is 4. The van der Waals surface area contributed by atoms with Crippen molar-refractivity contribution in [3.63, 3.8) is 0 Å². The van der Waals surface area contributed by atoms with Gasteiger partial charge in [0.15, 0.2) is 0 Å². The van der Waals surface area contributed by atoms with Crippen LogP contribution in [0.2, 0.25) is 0 Å². The Morgan fingerprint density at radius 3 is 2.48 bits per heavy atom. The van der Waals surface area contributed by atoms with Gasteiger partial charge in [0.1, 0.15) is 5.75 Å². The summed E-state index contributed by atoms with van der Waals surface area (Å²) in [6, 6.07) is 5.26. The van der Waals surface area contributed by atoms with Gasteiger partial charge < -0.3 is 4.74 Å². The molecular weight excluding hydrogens is 292 g/mol. The van der Waals surface area contributed by atoms with Crippen LogP contribution in [0.25, 0.3) is 0 Å². The van der Waals surface area contributed by atoms with Crippen LogP contribution in [-0.2, 0) is 14.9 Å². The summed E-state index contributed by atoms with van der Waals surface area (Å²) in [5, 5.41) is 0. The Hall–Kier alpha value is -1.40. The molecule has 1 rings (SSSR count). The van der Waals surface area contributed by atoms with Crippen LogP contribution >= 0.6 is 0 Å². The van der Waals surface area contributed by atoms with Gasteiger partial charge in [0.25, 0.3) is 10.1 Å². The Morgan fingerprint density at radius 2 is 1.81 bits per heavy atom. The third-order valence-electron chi connectivity index (χ3n) is 3.07. The van der Waals surface area contributed by atoms with E-state index < -0.39 is 16.1 Å². The lowest BCUT2D eigenvalue weighted by Gasteiger charge is -2.05. The van der Waals surface area contributed by atoms with E-state index in [1.165, 1.54) is 37.5 Å². The van der Waals surface area contributed by atoms with E-state index in [1.807, 2.05) is 0 Å². The predicted molar refractivity (Wildman–Crippen MR) is 79.9 cm³/mol. The van der Waals surface area contributed by atoms with Crippen molar-refractivity contribution in [3.05, 3.63) is 24.3 Å². The molecule has 0 radical (unpaired) electrons. The molecule has 0 spiro atoms. The molecule has 1 aromatic carbocycles. The Bertz CT molecular complexity index is 551. The quantitative estimate of drug-likeness (QED) is 0.326. The maximum Gasteiger partial charge on any atom is 0.311 e. The van der Waals surface area contributed by atoms with Crippen molar-refractivity contribution in [2.45, 2.75) is 56.8 Å². The summed E-state index contributed by atoms with van der Waals surface area (Å²) in [5.74, 6) is -0.265.